The molecule has 2 N–H and O–H groups in total. The number of aryl methyl sites for hydroxylation is 1. The van der Waals surface area contributed by atoms with Crippen LogP contribution in [0, 0.1) is 18.8 Å². The fourth-order valence-corrected chi connectivity index (χ4v) is 2.28. The van der Waals surface area contributed by atoms with Crippen molar-refractivity contribution in [3.63, 3.8) is 0 Å². The Bertz CT molecular complexity index is 513. The van der Waals surface area contributed by atoms with Crippen LogP contribution in [0.25, 0.3) is 0 Å². The number of carboxylic acids is 1. The predicted octanol–water partition coefficient (Wildman–Crippen LogP) is 2.64. The number of nitrogens with one attached hydrogen (secondary N) is 1. The quantitative estimate of drug-likeness (QED) is 0.846. The molecule has 1 fully saturated rings. The molecule has 1 aromatic rings. The Kier molecular flexibility index (Phi) is 4.83. The number of carbonyl (C=O) groups is 2. The van der Waals surface area contributed by atoms with Gasteiger partial charge in [-0.3, -0.25) is 9.69 Å². The molecule has 114 valence electrons. The molecular formula is C16H22N2O3. The Morgan fingerprint density at radius 2 is 1.95 bits per heavy atom. The fraction of sp³-hybridized carbons (Fsp3) is 0.500. The highest BCUT2D eigenvalue weighted by Gasteiger charge is 2.32. The zero-order valence-corrected chi connectivity index (χ0v) is 12.5. The minimum Gasteiger partial charge on any atom is -0.481 e. The van der Waals surface area contributed by atoms with Gasteiger partial charge in [-0.1, -0.05) is 24.6 Å². The van der Waals surface area contributed by atoms with Gasteiger partial charge in [0.15, 0.2) is 0 Å². The lowest BCUT2D eigenvalue weighted by atomic mass is 10.2. The van der Waals surface area contributed by atoms with Crippen molar-refractivity contribution in [2.45, 2.75) is 26.7 Å². The molecule has 21 heavy (non-hydrogen) atoms. The summed E-state index contributed by atoms with van der Waals surface area (Å²) in [5.74, 6) is 0.334. The lowest BCUT2D eigenvalue weighted by Crippen LogP contribution is -2.42. The van der Waals surface area contributed by atoms with E-state index in [4.69, 9.17) is 5.11 Å². The Balaban J connectivity index is 2.01. The topological polar surface area (TPSA) is 69.6 Å². The van der Waals surface area contributed by atoms with E-state index in [9.17, 15) is 9.59 Å². The van der Waals surface area contributed by atoms with Crippen LogP contribution in [0.4, 0.5) is 10.5 Å². The maximum atomic E-state index is 12.3. The van der Waals surface area contributed by atoms with Gasteiger partial charge in [-0.25, -0.2) is 4.79 Å². The second kappa shape index (κ2) is 6.61. The van der Waals surface area contributed by atoms with E-state index in [0.717, 1.165) is 17.7 Å². The van der Waals surface area contributed by atoms with E-state index >= 15 is 0 Å². The summed E-state index contributed by atoms with van der Waals surface area (Å²) in [5.41, 5.74) is 1.83. The van der Waals surface area contributed by atoms with Gasteiger partial charge in [0, 0.05) is 18.8 Å². The van der Waals surface area contributed by atoms with Crippen molar-refractivity contribution in [1.29, 1.82) is 0 Å². The first-order valence-electron chi connectivity index (χ1n) is 7.31. The van der Waals surface area contributed by atoms with Gasteiger partial charge in [0.25, 0.3) is 0 Å². The maximum absolute atomic E-state index is 12.3. The first-order valence-corrected chi connectivity index (χ1v) is 7.31. The van der Waals surface area contributed by atoms with Crippen LogP contribution in [-0.4, -0.2) is 30.2 Å². The Morgan fingerprint density at radius 1 is 1.33 bits per heavy atom. The standard InChI is InChI=1S/C16H22N2O3/c1-11-3-5-14(6-4-11)18(8-7-15(19)20)16(21)17-10-13-9-12(13)2/h3-6,12-13H,7-10H2,1-2H3,(H,17,21)(H,19,20). The molecule has 1 saturated carbocycles. The minimum atomic E-state index is -0.907. The molecule has 0 spiro atoms. The average Bonchev–Trinajstić information content (AvgIpc) is 3.14. The molecule has 0 bridgehead atoms. The summed E-state index contributed by atoms with van der Waals surface area (Å²) in [6, 6.07) is 7.30. The zero-order valence-electron chi connectivity index (χ0n) is 12.5. The number of aliphatic carboxylic acids is 1. The minimum absolute atomic E-state index is 0.0683. The van der Waals surface area contributed by atoms with E-state index in [1.807, 2.05) is 31.2 Å². The predicted molar refractivity (Wildman–Crippen MR) is 81.4 cm³/mol. The van der Waals surface area contributed by atoms with Gasteiger partial charge in [-0.15, -0.1) is 0 Å². The van der Waals surface area contributed by atoms with E-state index in [0.29, 0.717) is 18.4 Å². The van der Waals surface area contributed by atoms with Crippen molar-refractivity contribution >= 4 is 17.7 Å². The number of hydrogen-bond donors (Lipinski definition) is 2. The molecule has 1 aromatic carbocycles. The summed E-state index contributed by atoms with van der Waals surface area (Å²) in [6.07, 6.45) is 1.08. The Morgan fingerprint density at radius 3 is 2.48 bits per heavy atom. The Hall–Kier alpha value is -2.04. The van der Waals surface area contributed by atoms with Crippen molar-refractivity contribution in [2.24, 2.45) is 11.8 Å². The molecule has 5 nitrogen and oxygen atoms in total. The maximum Gasteiger partial charge on any atom is 0.321 e. The molecule has 2 rings (SSSR count). The van der Waals surface area contributed by atoms with Crippen molar-refractivity contribution in [1.82, 2.24) is 5.32 Å². The smallest absolute Gasteiger partial charge is 0.321 e. The van der Waals surface area contributed by atoms with Gasteiger partial charge in [-0.05, 0) is 37.3 Å². The highest BCUT2D eigenvalue weighted by Crippen LogP contribution is 2.36. The molecule has 0 radical (unpaired) electrons. The van der Waals surface area contributed by atoms with Crippen LogP contribution in [0.1, 0.15) is 25.3 Å². The number of carboxylic acid groups (broad SMARTS) is 1. The van der Waals surface area contributed by atoms with E-state index in [2.05, 4.69) is 12.2 Å². The molecule has 1 aliphatic rings. The molecular weight excluding hydrogens is 268 g/mol. The summed E-state index contributed by atoms with van der Waals surface area (Å²) in [7, 11) is 0. The van der Waals surface area contributed by atoms with Gasteiger partial charge in [-0.2, -0.15) is 0 Å². The normalized spacial score (nSPS) is 19.9. The van der Waals surface area contributed by atoms with Gasteiger partial charge in [0.05, 0.1) is 6.42 Å². The number of hydrogen-bond acceptors (Lipinski definition) is 2. The van der Waals surface area contributed by atoms with Crippen LogP contribution in [0.3, 0.4) is 0 Å². The van der Waals surface area contributed by atoms with Crippen molar-refractivity contribution < 1.29 is 14.7 Å². The molecule has 0 saturated heterocycles. The zero-order chi connectivity index (χ0) is 15.4. The lowest BCUT2D eigenvalue weighted by Gasteiger charge is -2.23. The summed E-state index contributed by atoms with van der Waals surface area (Å²) >= 11 is 0. The number of nitrogens with zero attached hydrogens (tertiary/aromatic N) is 1. The van der Waals surface area contributed by atoms with Crippen LogP contribution in [0.2, 0.25) is 0 Å². The second-order valence-corrected chi connectivity index (χ2v) is 5.79. The average molecular weight is 290 g/mol. The highest BCUT2D eigenvalue weighted by molar-refractivity contribution is 5.92. The lowest BCUT2D eigenvalue weighted by molar-refractivity contribution is -0.136. The van der Waals surface area contributed by atoms with Crippen LogP contribution in [0.5, 0.6) is 0 Å². The first-order chi connectivity index (χ1) is 9.97. The number of rotatable bonds is 6. The summed E-state index contributed by atoms with van der Waals surface area (Å²) < 4.78 is 0. The SMILES string of the molecule is Cc1ccc(N(CCC(=O)O)C(=O)NCC2CC2C)cc1. The number of anilines is 1. The van der Waals surface area contributed by atoms with Gasteiger partial charge >= 0.3 is 12.0 Å². The van der Waals surface area contributed by atoms with Gasteiger partial charge in [0.1, 0.15) is 0 Å². The van der Waals surface area contributed by atoms with E-state index in [1.54, 1.807) is 0 Å². The molecule has 1 aliphatic carbocycles. The van der Waals surface area contributed by atoms with E-state index in [-0.39, 0.29) is 19.0 Å². The third-order valence-electron chi connectivity index (χ3n) is 3.93. The van der Waals surface area contributed by atoms with Crippen LogP contribution >= 0.6 is 0 Å². The summed E-state index contributed by atoms with van der Waals surface area (Å²) in [5, 5.41) is 11.7. The molecule has 0 heterocycles. The highest BCUT2D eigenvalue weighted by atomic mass is 16.4. The van der Waals surface area contributed by atoms with Crippen LogP contribution in [0.15, 0.2) is 24.3 Å². The number of benzene rings is 1. The number of amides is 2. The van der Waals surface area contributed by atoms with Crippen molar-refractivity contribution in [3.8, 4) is 0 Å². The number of carbonyl (C=O) groups excluding carboxylic acids is 1. The molecule has 2 amide bonds. The molecule has 2 atom stereocenters. The second-order valence-electron chi connectivity index (χ2n) is 5.79. The van der Waals surface area contributed by atoms with Crippen LogP contribution in [-0.2, 0) is 4.79 Å². The Labute approximate surface area is 125 Å². The van der Waals surface area contributed by atoms with Gasteiger partial charge < -0.3 is 10.4 Å². The third-order valence-corrected chi connectivity index (χ3v) is 3.93. The monoisotopic (exact) mass is 290 g/mol. The van der Waals surface area contributed by atoms with Crippen molar-refractivity contribution in [3.05, 3.63) is 29.8 Å². The molecule has 0 aliphatic heterocycles. The van der Waals surface area contributed by atoms with Crippen LogP contribution < -0.4 is 10.2 Å². The van der Waals surface area contributed by atoms with Crippen molar-refractivity contribution in [2.75, 3.05) is 18.0 Å². The molecule has 0 aromatic heterocycles. The molecule has 2 unspecified atom stereocenters. The largest absolute Gasteiger partial charge is 0.481 e. The first kappa shape index (κ1) is 15.4. The summed E-state index contributed by atoms with van der Waals surface area (Å²) in [4.78, 5) is 24.6. The van der Waals surface area contributed by atoms with Gasteiger partial charge in [0.2, 0.25) is 0 Å². The fourth-order valence-electron chi connectivity index (χ4n) is 2.28. The summed E-state index contributed by atoms with van der Waals surface area (Å²) in [6.45, 7) is 4.97. The van der Waals surface area contributed by atoms with E-state index in [1.165, 1.54) is 4.90 Å². The molecule has 5 heteroatoms. The number of urea groups is 1. The van der Waals surface area contributed by atoms with E-state index < -0.39 is 5.97 Å². The third kappa shape index (κ3) is 4.48.